The summed E-state index contributed by atoms with van der Waals surface area (Å²) in [5, 5.41) is 11.3. The van der Waals surface area contributed by atoms with E-state index in [-0.39, 0.29) is 17.8 Å². The molecule has 0 bridgehead atoms. The van der Waals surface area contributed by atoms with Crippen LogP contribution >= 0.6 is 0 Å². The summed E-state index contributed by atoms with van der Waals surface area (Å²) in [5.74, 6) is 0.698. The highest BCUT2D eigenvalue weighted by Crippen LogP contribution is 2.25. The summed E-state index contributed by atoms with van der Waals surface area (Å²) in [6.07, 6.45) is 0. The number of halogens is 1. The molecule has 1 saturated heterocycles. The number of carbonyl (C=O) groups excluding carboxylic acids is 1. The molecule has 0 radical (unpaired) electrons. The minimum Gasteiger partial charge on any atom is -0.419 e. The summed E-state index contributed by atoms with van der Waals surface area (Å²) in [5.41, 5.74) is 2.66. The summed E-state index contributed by atoms with van der Waals surface area (Å²) < 4.78 is 18.9. The fraction of sp³-hybridized carbons (Fsp3) is 0.348. The highest BCUT2D eigenvalue weighted by Gasteiger charge is 2.26. The zero-order valence-electron chi connectivity index (χ0n) is 17.7. The Morgan fingerprint density at radius 3 is 2.58 bits per heavy atom. The van der Waals surface area contributed by atoms with Crippen molar-refractivity contribution in [2.24, 2.45) is 0 Å². The molecule has 0 aliphatic carbocycles. The van der Waals surface area contributed by atoms with Crippen LogP contribution in [-0.4, -0.2) is 58.6 Å². The normalized spacial score (nSPS) is 16.2. The first-order valence-electron chi connectivity index (χ1n) is 10.4. The first-order chi connectivity index (χ1) is 15.0. The van der Waals surface area contributed by atoms with Crippen LogP contribution in [0.3, 0.4) is 0 Å². The molecule has 1 fully saturated rings. The number of hydrogen-bond donors (Lipinski definition) is 1. The van der Waals surface area contributed by atoms with Gasteiger partial charge in [-0.15, -0.1) is 10.2 Å². The topological polar surface area (TPSA) is 74.5 Å². The Balaban J connectivity index is 1.28. The summed E-state index contributed by atoms with van der Waals surface area (Å²) in [6, 6.07) is 13.8. The number of anilines is 1. The van der Waals surface area contributed by atoms with E-state index in [1.807, 2.05) is 31.2 Å². The average Bonchev–Trinajstić information content (AvgIpc) is 3.26. The van der Waals surface area contributed by atoms with Crippen molar-refractivity contribution in [3.05, 3.63) is 65.8 Å². The van der Waals surface area contributed by atoms with Crippen LogP contribution in [0.5, 0.6) is 0 Å². The van der Waals surface area contributed by atoms with Crippen molar-refractivity contribution in [1.29, 1.82) is 0 Å². The van der Waals surface area contributed by atoms with Crippen molar-refractivity contribution in [3.8, 4) is 11.5 Å². The van der Waals surface area contributed by atoms with Crippen LogP contribution in [0.25, 0.3) is 11.5 Å². The molecule has 1 aliphatic rings. The number of rotatable bonds is 6. The van der Waals surface area contributed by atoms with Crippen molar-refractivity contribution < 1.29 is 13.6 Å². The van der Waals surface area contributed by atoms with Crippen molar-refractivity contribution >= 4 is 11.6 Å². The molecule has 0 spiro atoms. The quantitative estimate of drug-likeness (QED) is 0.654. The van der Waals surface area contributed by atoms with Gasteiger partial charge in [0.15, 0.2) is 0 Å². The lowest BCUT2D eigenvalue weighted by atomic mass is 10.1. The molecule has 1 aliphatic heterocycles. The number of aromatic nitrogens is 2. The first-order valence-corrected chi connectivity index (χ1v) is 10.4. The maximum Gasteiger partial charge on any atom is 0.247 e. The van der Waals surface area contributed by atoms with Gasteiger partial charge in [0.05, 0.1) is 12.6 Å². The Kier molecular flexibility index (Phi) is 6.39. The second-order valence-electron chi connectivity index (χ2n) is 7.86. The van der Waals surface area contributed by atoms with E-state index >= 15 is 0 Å². The zero-order valence-corrected chi connectivity index (χ0v) is 17.7. The number of carbonyl (C=O) groups is 1. The van der Waals surface area contributed by atoms with Crippen molar-refractivity contribution in [3.63, 3.8) is 0 Å². The maximum atomic E-state index is 13.0. The van der Waals surface area contributed by atoms with E-state index in [1.54, 1.807) is 12.1 Å². The van der Waals surface area contributed by atoms with Gasteiger partial charge in [-0.1, -0.05) is 17.7 Å². The molecule has 3 aromatic rings. The van der Waals surface area contributed by atoms with Gasteiger partial charge < -0.3 is 9.73 Å². The summed E-state index contributed by atoms with van der Waals surface area (Å²) in [4.78, 5) is 16.7. The molecule has 0 unspecified atom stereocenters. The third-order valence-electron chi connectivity index (χ3n) is 5.51. The van der Waals surface area contributed by atoms with Gasteiger partial charge in [0.25, 0.3) is 0 Å². The summed E-state index contributed by atoms with van der Waals surface area (Å²) >= 11 is 0. The van der Waals surface area contributed by atoms with Gasteiger partial charge in [-0.05, 0) is 50.2 Å². The van der Waals surface area contributed by atoms with Crippen LogP contribution in [0.2, 0.25) is 0 Å². The van der Waals surface area contributed by atoms with Crippen molar-refractivity contribution in [2.75, 3.05) is 38.0 Å². The molecule has 1 aromatic heterocycles. The molecule has 1 atom stereocenters. The summed E-state index contributed by atoms with van der Waals surface area (Å²) in [6.45, 7) is 7.52. The molecule has 7 nitrogen and oxygen atoms in total. The van der Waals surface area contributed by atoms with E-state index in [9.17, 15) is 9.18 Å². The number of piperazine rings is 1. The fourth-order valence-corrected chi connectivity index (χ4v) is 3.70. The van der Waals surface area contributed by atoms with Gasteiger partial charge in [-0.2, -0.15) is 0 Å². The van der Waals surface area contributed by atoms with E-state index in [2.05, 4.69) is 32.2 Å². The van der Waals surface area contributed by atoms with Crippen LogP contribution < -0.4 is 5.32 Å². The number of amides is 1. The highest BCUT2D eigenvalue weighted by molar-refractivity contribution is 5.92. The SMILES string of the molecule is Cc1cccc(-c2nnc([C@@H](C)N3CCN(CC(=O)Nc4ccc(F)cc4)CC3)o2)c1. The number of hydrogen-bond acceptors (Lipinski definition) is 6. The molecule has 0 saturated carbocycles. The van der Waals surface area contributed by atoms with Crippen LogP contribution in [0.15, 0.2) is 52.9 Å². The Morgan fingerprint density at radius 1 is 1.13 bits per heavy atom. The lowest BCUT2D eigenvalue weighted by molar-refractivity contribution is -0.117. The van der Waals surface area contributed by atoms with E-state index < -0.39 is 0 Å². The molecule has 8 heteroatoms. The molecular weight excluding hydrogens is 397 g/mol. The van der Waals surface area contributed by atoms with Gasteiger partial charge in [0, 0.05) is 37.4 Å². The number of aryl methyl sites for hydroxylation is 1. The van der Waals surface area contributed by atoms with Crippen LogP contribution in [0.1, 0.15) is 24.4 Å². The number of nitrogens with one attached hydrogen (secondary N) is 1. The first kappa shape index (κ1) is 21.1. The van der Waals surface area contributed by atoms with E-state index in [0.717, 1.165) is 37.3 Å². The Labute approximate surface area is 180 Å². The standard InChI is InChI=1S/C23H26FN5O2/c1-16-4-3-5-18(14-16)23-27-26-22(31-23)17(2)29-12-10-28(11-13-29)15-21(30)25-20-8-6-19(24)7-9-20/h3-9,14,17H,10-13,15H2,1-2H3,(H,25,30)/t17-/m1/s1. The maximum absolute atomic E-state index is 13.0. The average molecular weight is 423 g/mol. The Hall–Kier alpha value is -3.10. The highest BCUT2D eigenvalue weighted by atomic mass is 19.1. The molecule has 2 heterocycles. The van der Waals surface area contributed by atoms with Gasteiger partial charge in [-0.3, -0.25) is 14.6 Å². The monoisotopic (exact) mass is 423 g/mol. The minimum atomic E-state index is -0.324. The number of benzene rings is 2. The van der Waals surface area contributed by atoms with E-state index in [0.29, 0.717) is 24.0 Å². The zero-order chi connectivity index (χ0) is 21.8. The van der Waals surface area contributed by atoms with E-state index in [4.69, 9.17) is 4.42 Å². The fourth-order valence-electron chi connectivity index (χ4n) is 3.70. The molecule has 162 valence electrons. The minimum absolute atomic E-state index is 0.00116. The van der Waals surface area contributed by atoms with Crippen LogP contribution in [0, 0.1) is 12.7 Å². The second-order valence-corrected chi connectivity index (χ2v) is 7.86. The van der Waals surface area contributed by atoms with Crippen molar-refractivity contribution in [1.82, 2.24) is 20.0 Å². The summed E-state index contributed by atoms with van der Waals surface area (Å²) in [7, 11) is 0. The molecular formula is C23H26FN5O2. The predicted octanol–water partition coefficient (Wildman–Crippen LogP) is 3.50. The molecule has 1 amide bonds. The lowest BCUT2D eigenvalue weighted by Gasteiger charge is -2.36. The lowest BCUT2D eigenvalue weighted by Crippen LogP contribution is -2.49. The second kappa shape index (κ2) is 9.36. The molecule has 31 heavy (non-hydrogen) atoms. The molecule has 1 N–H and O–H groups in total. The molecule has 4 rings (SSSR count). The smallest absolute Gasteiger partial charge is 0.247 e. The van der Waals surface area contributed by atoms with Gasteiger partial charge in [0.2, 0.25) is 17.7 Å². The largest absolute Gasteiger partial charge is 0.419 e. The van der Waals surface area contributed by atoms with Gasteiger partial charge in [0.1, 0.15) is 5.82 Å². The van der Waals surface area contributed by atoms with Crippen molar-refractivity contribution in [2.45, 2.75) is 19.9 Å². The predicted molar refractivity (Wildman–Crippen MR) is 116 cm³/mol. The van der Waals surface area contributed by atoms with Gasteiger partial charge >= 0.3 is 0 Å². The third kappa shape index (κ3) is 5.34. The number of nitrogens with zero attached hydrogens (tertiary/aromatic N) is 4. The Bertz CT molecular complexity index is 1030. The van der Waals surface area contributed by atoms with Crippen LogP contribution in [-0.2, 0) is 4.79 Å². The van der Waals surface area contributed by atoms with E-state index in [1.165, 1.54) is 12.1 Å². The van der Waals surface area contributed by atoms with Gasteiger partial charge in [-0.25, -0.2) is 4.39 Å². The van der Waals surface area contributed by atoms with Crippen LogP contribution in [0.4, 0.5) is 10.1 Å². The molecule has 2 aromatic carbocycles. The third-order valence-corrected chi connectivity index (χ3v) is 5.51. The Morgan fingerprint density at radius 2 is 1.87 bits per heavy atom.